The number of aromatic nitrogens is 2. The zero-order valence-electron chi connectivity index (χ0n) is 10.7. The van der Waals surface area contributed by atoms with Crippen molar-refractivity contribution in [1.29, 1.82) is 0 Å². The Morgan fingerprint density at radius 1 is 1.62 bits per heavy atom. The second-order valence-electron chi connectivity index (χ2n) is 4.65. The lowest BCUT2D eigenvalue weighted by Crippen LogP contribution is -2.44. The molecule has 0 radical (unpaired) electrons. The van der Waals surface area contributed by atoms with Crippen LogP contribution in [0.1, 0.15) is 45.5 Å². The van der Waals surface area contributed by atoms with Crippen LogP contribution in [0.25, 0.3) is 0 Å². The van der Waals surface area contributed by atoms with Gasteiger partial charge in [-0.2, -0.15) is 0 Å². The van der Waals surface area contributed by atoms with Gasteiger partial charge < -0.3 is 15.0 Å². The Morgan fingerprint density at radius 3 is 2.75 bits per heavy atom. The SMILES string of the molecule is CCC(C)(CCO)NC(C)c1nccn1C. The summed E-state index contributed by atoms with van der Waals surface area (Å²) in [6.07, 6.45) is 5.51. The summed E-state index contributed by atoms with van der Waals surface area (Å²) >= 11 is 0. The number of aliphatic hydroxyl groups excluding tert-OH is 1. The Morgan fingerprint density at radius 2 is 2.31 bits per heavy atom. The van der Waals surface area contributed by atoms with Gasteiger partial charge in [-0.1, -0.05) is 6.92 Å². The minimum atomic E-state index is -0.0277. The molecule has 0 bridgehead atoms. The van der Waals surface area contributed by atoms with Crippen LogP contribution in [0.2, 0.25) is 0 Å². The van der Waals surface area contributed by atoms with Gasteiger partial charge in [0, 0.05) is 31.6 Å². The van der Waals surface area contributed by atoms with Crippen LogP contribution in [0, 0.1) is 0 Å². The van der Waals surface area contributed by atoms with Crippen molar-refractivity contribution < 1.29 is 5.11 Å². The maximum Gasteiger partial charge on any atom is 0.125 e. The van der Waals surface area contributed by atoms with Crippen LogP contribution in [0.15, 0.2) is 12.4 Å². The molecular formula is C12H23N3O. The number of hydrogen-bond donors (Lipinski definition) is 2. The van der Waals surface area contributed by atoms with Crippen LogP contribution in [0.4, 0.5) is 0 Å². The summed E-state index contributed by atoms with van der Waals surface area (Å²) in [7, 11) is 2.00. The van der Waals surface area contributed by atoms with E-state index in [9.17, 15) is 0 Å². The lowest BCUT2D eigenvalue weighted by Gasteiger charge is -2.32. The summed E-state index contributed by atoms with van der Waals surface area (Å²) in [6.45, 7) is 6.59. The van der Waals surface area contributed by atoms with Crippen molar-refractivity contribution in [3.8, 4) is 0 Å². The van der Waals surface area contributed by atoms with Gasteiger partial charge in [0.1, 0.15) is 5.82 Å². The Labute approximate surface area is 97.7 Å². The minimum absolute atomic E-state index is 0.0277. The van der Waals surface area contributed by atoms with Gasteiger partial charge in [-0.15, -0.1) is 0 Å². The van der Waals surface area contributed by atoms with Crippen LogP contribution >= 0.6 is 0 Å². The quantitative estimate of drug-likeness (QED) is 0.773. The van der Waals surface area contributed by atoms with E-state index in [1.54, 1.807) is 0 Å². The largest absolute Gasteiger partial charge is 0.396 e. The molecule has 0 saturated heterocycles. The molecule has 0 amide bonds. The molecule has 1 aromatic rings. The number of nitrogens with zero attached hydrogens (tertiary/aromatic N) is 2. The highest BCUT2D eigenvalue weighted by Gasteiger charge is 2.24. The molecule has 4 heteroatoms. The molecule has 16 heavy (non-hydrogen) atoms. The fraction of sp³-hybridized carbons (Fsp3) is 0.750. The van der Waals surface area contributed by atoms with Gasteiger partial charge in [0.15, 0.2) is 0 Å². The van der Waals surface area contributed by atoms with Crippen molar-refractivity contribution in [3.63, 3.8) is 0 Å². The van der Waals surface area contributed by atoms with E-state index in [4.69, 9.17) is 5.11 Å². The van der Waals surface area contributed by atoms with Gasteiger partial charge in [0.25, 0.3) is 0 Å². The van der Waals surface area contributed by atoms with Crippen LogP contribution in [0.5, 0.6) is 0 Å². The zero-order chi connectivity index (χ0) is 12.2. The van der Waals surface area contributed by atoms with E-state index >= 15 is 0 Å². The third-order valence-corrected chi connectivity index (χ3v) is 3.25. The number of imidazole rings is 1. The molecule has 2 N–H and O–H groups in total. The second kappa shape index (κ2) is 5.46. The molecule has 0 aromatic carbocycles. The van der Waals surface area contributed by atoms with Crippen molar-refractivity contribution in [2.45, 2.75) is 45.2 Å². The molecule has 1 heterocycles. The monoisotopic (exact) mass is 225 g/mol. The molecule has 0 aliphatic rings. The molecule has 2 atom stereocenters. The summed E-state index contributed by atoms with van der Waals surface area (Å²) in [5.74, 6) is 1.03. The van der Waals surface area contributed by atoms with Crippen LogP contribution < -0.4 is 5.32 Å². The van der Waals surface area contributed by atoms with Crippen molar-refractivity contribution in [3.05, 3.63) is 18.2 Å². The summed E-state index contributed by atoms with van der Waals surface area (Å²) < 4.78 is 2.02. The van der Waals surface area contributed by atoms with Crippen LogP contribution in [0.3, 0.4) is 0 Å². The summed E-state index contributed by atoms with van der Waals surface area (Å²) in [5, 5.41) is 12.6. The van der Waals surface area contributed by atoms with E-state index in [2.05, 4.69) is 31.1 Å². The molecule has 0 aliphatic carbocycles. The predicted octanol–water partition coefficient (Wildman–Crippen LogP) is 1.62. The van der Waals surface area contributed by atoms with Gasteiger partial charge >= 0.3 is 0 Å². The molecule has 1 aromatic heterocycles. The fourth-order valence-corrected chi connectivity index (χ4v) is 1.98. The number of aryl methyl sites for hydroxylation is 1. The standard InChI is InChI=1S/C12H23N3O/c1-5-12(3,6-9-16)14-10(2)11-13-7-8-15(11)4/h7-8,10,14,16H,5-6,9H2,1-4H3. The van der Waals surface area contributed by atoms with Crippen LogP contribution in [-0.4, -0.2) is 26.8 Å². The molecule has 4 nitrogen and oxygen atoms in total. The van der Waals surface area contributed by atoms with Gasteiger partial charge in [-0.05, 0) is 26.7 Å². The van der Waals surface area contributed by atoms with E-state index in [1.165, 1.54) is 0 Å². The van der Waals surface area contributed by atoms with Crippen molar-refractivity contribution in [2.24, 2.45) is 7.05 Å². The Balaban J connectivity index is 2.69. The first-order valence-electron chi connectivity index (χ1n) is 5.88. The lowest BCUT2D eigenvalue weighted by atomic mass is 9.94. The fourth-order valence-electron chi connectivity index (χ4n) is 1.98. The highest BCUT2D eigenvalue weighted by atomic mass is 16.3. The van der Waals surface area contributed by atoms with Gasteiger partial charge in [0.05, 0.1) is 6.04 Å². The number of nitrogens with one attached hydrogen (secondary N) is 1. The molecular weight excluding hydrogens is 202 g/mol. The molecule has 1 rings (SSSR count). The molecule has 0 saturated carbocycles. The van der Waals surface area contributed by atoms with E-state index in [0.717, 1.165) is 18.7 Å². The second-order valence-corrected chi connectivity index (χ2v) is 4.65. The third kappa shape index (κ3) is 3.06. The average molecular weight is 225 g/mol. The number of rotatable bonds is 6. The first-order valence-corrected chi connectivity index (χ1v) is 5.88. The normalized spacial score (nSPS) is 17.1. The third-order valence-electron chi connectivity index (χ3n) is 3.25. The molecule has 92 valence electrons. The summed E-state index contributed by atoms with van der Waals surface area (Å²) in [6, 6.07) is 0.191. The van der Waals surface area contributed by atoms with Crippen molar-refractivity contribution in [2.75, 3.05) is 6.61 Å². The Bertz CT molecular complexity index is 324. The maximum absolute atomic E-state index is 9.07. The maximum atomic E-state index is 9.07. The van der Waals surface area contributed by atoms with E-state index in [-0.39, 0.29) is 18.2 Å². The highest BCUT2D eigenvalue weighted by Crippen LogP contribution is 2.20. The first-order chi connectivity index (χ1) is 7.52. The molecule has 0 spiro atoms. The molecule has 2 unspecified atom stereocenters. The lowest BCUT2D eigenvalue weighted by molar-refractivity contribution is 0.202. The summed E-state index contributed by atoms with van der Waals surface area (Å²) in [5.41, 5.74) is -0.0277. The van der Waals surface area contributed by atoms with E-state index in [0.29, 0.717) is 0 Å². The summed E-state index contributed by atoms with van der Waals surface area (Å²) in [4.78, 5) is 4.33. The first kappa shape index (κ1) is 13.2. The highest BCUT2D eigenvalue weighted by molar-refractivity contribution is 4.99. The van der Waals surface area contributed by atoms with E-state index in [1.807, 2.05) is 24.0 Å². The number of hydrogen-bond acceptors (Lipinski definition) is 3. The van der Waals surface area contributed by atoms with Crippen molar-refractivity contribution >= 4 is 0 Å². The van der Waals surface area contributed by atoms with E-state index < -0.39 is 0 Å². The Kier molecular flexibility index (Phi) is 4.50. The zero-order valence-corrected chi connectivity index (χ0v) is 10.7. The molecule has 0 aliphatic heterocycles. The Hall–Kier alpha value is -0.870. The molecule has 0 fully saturated rings. The average Bonchev–Trinajstić information content (AvgIpc) is 2.65. The van der Waals surface area contributed by atoms with Gasteiger partial charge in [-0.3, -0.25) is 0 Å². The minimum Gasteiger partial charge on any atom is -0.396 e. The van der Waals surface area contributed by atoms with Gasteiger partial charge in [0.2, 0.25) is 0 Å². The predicted molar refractivity (Wildman–Crippen MR) is 65.2 cm³/mol. The smallest absolute Gasteiger partial charge is 0.125 e. The van der Waals surface area contributed by atoms with Crippen molar-refractivity contribution in [1.82, 2.24) is 14.9 Å². The topological polar surface area (TPSA) is 50.1 Å². The van der Waals surface area contributed by atoms with Crippen LogP contribution in [-0.2, 0) is 7.05 Å². The number of aliphatic hydroxyl groups is 1. The van der Waals surface area contributed by atoms with Gasteiger partial charge in [-0.25, -0.2) is 4.98 Å².